The van der Waals surface area contributed by atoms with Crippen LogP contribution in [0.25, 0.3) is 0 Å². The Morgan fingerprint density at radius 3 is 2.03 bits per heavy atom. The van der Waals surface area contributed by atoms with E-state index in [4.69, 9.17) is 14.2 Å². The van der Waals surface area contributed by atoms with Gasteiger partial charge in [-0.2, -0.15) is 0 Å². The smallest absolute Gasteiger partial charge is 0.328 e. The first-order chi connectivity index (χ1) is 29.4. The van der Waals surface area contributed by atoms with Gasteiger partial charge in [-0.3, -0.25) is 24.1 Å². The topological polar surface area (TPSA) is 135 Å². The van der Waals surface area contributed by atoms with Crippen LogP contribution in [0, 0.1) is 36.5 Å². The minimum atomic E-state index is -0.892. The van der Waals surface area contributed by atoms with Crippen molar-refractivity contribution in [3.05, 3.63) is 71.3 Å². The van der Waals surface area contributed by atoms with Crippen LogP contribution in [0.5, 0.6) is 0 Å². The van der Waals surface area contributed by atoms with Crippen LogP contribution < -0.4 is 5.32 Å². The lowest BCUT2D eigenvalue weighted by Crippen LogP contribution is -2.55. The fourth-order valence-electron chi connectivity index (χ4n) is 9.33. The van der Waals surface area contributed by atoms with Gasteiger partial charge < -0.3 is 29.3 Å². The number of carbonyl (C=O) groups excluding carboxylic acids is 5. The van der Waals surface area contributed by atoms with Crippen LogP contribution in [0.2, 0.25) is 0 Å². The largest absolute Gasteiger partial charge is 0.467 e. The number of ether oxygens (including phenoxy) is 3. The van der Waals surface area contributed by atoms with Crippen molar-refractivity contribution in [1.82, 2.24) is 20.0 Å². The second-order valence-corrected chi connectivity index (χ2v) is 18.3. The van der Waals surface area contributed by atoms with Crippen molar-refractivity contribution in [2.24, 2.45) is 29.6 Å². The third-order valence-corrected chi connectivity index (χ3v) is 13.2. The Bertz CT molecular complexity index is 1720. The Balaban J connectivity index is 1.77. The molecule has 1 heterocycles. The molecule has 0 saturated carbocycles. The summed E-state index contributed by atoms with van der Waals surface area (Å²) in [5, 5.41) is 2.88. The molecule has 12 nitrogen and oxygen atoms in total. The van der Waals surface area contributed by atoms with Gasteiger partial charge in [0.2, 0.25) is 17.7 Å². The molecule has 0 radical (unpaired) electrons. The van der Waals surface area contributed by atoms with Gasteiger partial charge >= 0.3 is 5.97 Å². The quantitative estimate of drug-likeness (QED) is 0.110. The normalized spacial score (nSPS) is 18.1. The van der Waals surface area contributed by atoms with E-state index < -0.39 is 48.1 Å². The lowest BCUT2D eigenvalue weighted by atomic mass is 9.83. The average Bonchev–Trinajstić information content (AvgIpc) is 3.74. The minimum absolute atomic E-state index is 0.0185. The van der Waals surface area contributed by atoms with Crippen molar-refractivity contribution in [2.75, 3.05) is 48.5 Å². The molecule has 3 amide bonds. The third kappa shape index (κ3) is 14.2. The summed E-state index contributed by atoms with van der Waals surface area (Å²) in [6, 6.07) is 15.8. The molecular weight excluding hydrogens is 785 g/mol. The van der Waals surface area contributed by atoms with Gasteiger partial charge in [-0.1, -0.05) is 115 Å². The number of hydrogen-bond acceptors (Lipinski definition) is 9. The summed E-state index contributed by atoms with van der Waals surface area (Å²) in [7, 11) is 8.19. The number of rotatable bonds is 25. The molecule has 1 aliphatic heterocycles. The molecule has 1 N–H and O–H groups in total. The first kappa shape index (κ1) is 52.2. The number of esters is 1. The van der Waals surface area contributed by atoms with Gasteiger partial charge in [-0.05, 0) is 62.1 Å². The molecule has 0 aliphatic carbocycles. The summed E-state index contributed by atoms with van der Waals surface area (Å²) in [6.07, 6.45) is 2.06. The van der Waals surface area contributed by atoms with Crippen LogP contribution in [0.1, 0.15) is 97.3 Å². The predicted molar refractivity (Wildman–Crippen MR) is 244 cm³/mol. The number of benzene rings is 2. The fourth-order valence-corrected chi connectivity index (χ4v) is 9.33. The highest BCUT2D eigenvalue weighted by atomic mass is 16.5. The number of hydrogen-bond donors (Lipinski definition) is 1. The number of ketones is 1. The SMILES string of the molecule is CC[C@H](C)[C@@H]([C@@H](CC(=O)N1CCC[C@H]1[C@H](OC)[C@@H](C)C(=O)N[C@@H](Cc1ccccc1)C(=O)OC)OC)N(C)C(=O)[C@@H](CC(=O)[C@H](C(C)C)N(C)CCc1ccc(C)cc1)C(C)C. The van der Waals surface area contributed by atoms with Gasteiger partial charge in [-0.25, -0.2) is 4.79 Å². The van der Waals surface area contributed by atoms with Crippen molar-refractivity contribution in [1.29, 1.82) is 0 Å². The van der Waals surface area contributed by atoms with E-state index in [0.717, 1.165) is 31.4 Å². The van der Waals surface area contributed by atoms with Crippen LogP contribution in [0.15, 0.2) is 54.6 Å². The summed E-state index contributed by atoms with van der Waals surface area (Å²) in [5.74, 6) is -2.46. The van der Waals surface area contributed by atoms with E-state index in [1.807, 2.05) is 51.2 Å². The fraction of sp³-hybridized carbons (Fsp3) is 0.660. The average molecular weight is 863 g/mol. The van der Waals surface area contributed by atoms with Crippen LogP contribution in [-0.4, -0.2) is 129 Å². The Hall–Kier alpha value is -4.13. The Labute approximate surface area is 372 Å². The van der Waals surface area contributed by atoms with Crippen molar-refractivity contribution in [3.63, 3.8) is 0 Å². The lowest BCUT2D eigenvalue weighted by molar-refractivity contribution is -0.150. The number of likely N-dealkylation sites (N-methyl/N-ethyl adjacent to an activating group) is 2. The van der Waals surface area contributed by atoms with E-state index >= 15 is 0 Å². The highest BCUT2D eigenvalue weighted by Crippen LogP contribution is 2.31. The number of likely N-dealkylation sites (tertiary alicyclic amines) is 1. The van der Waals surface area contributed by atoms with Gasteiger partial charge in [0.15, 0.2) is 5.78 Å². The number of amides is 3. The van der Waals surface area contributed by atoms with Crippen molar-refractivity contribution in [2.45, 2.75) is 137 Å². The van der Waals surface area contributed by atoms with Gasteiger partial charge in [0.25, 0.3) is 0 Å². The zero-order valence-electron chi connectivity index (χ0n) is 40.0. The first-order valence-corrected chi connectivity index (χ1v) is 22.7. The van der Waals surface area contributed by atoms with Gasteiger partial charge in [-0.15, -0.1) is 0 Å². The number of Topliss-reactive ketones (excluding diaryl/α,β-unsaturated/α-hetero) is 1. The molecule has 0 aromatic heterocycles. The maximum absolute atomic E-state index is 14.6. The Morgan fingerprint density at radius 2 is 1.48 bits per heavy atom. The van der Waals surface area contributed by atoms with E-state index in [1.165, 1.54) is 25.3 Å². The summed E-state index contributed by atoms with van der Waals surface area (Å²) in [5.41, 5.74) is 3.31. The Kier molecular flexibility index (Phi) is 21.3. The van der Waals surface area contributed by atoms with E-state index in [-0.39, 0.29) is 66.6 Å². The molecule has 1 aliphatic rings. The first-order valence-electron chi connectivity index (χ1n) is 22.7. The van der Waals surface area contributed by atoms with Crippen molar-refractivity contribution in [3.8, 4) is 0 Å². The monoisotopic (exact) mass is 863 g/mol. The highest BCUT2D eigenvalue weighted by Gasteiger charge is 2.43. The van der Waals surface area contributed by atoms with Crippen molar-refractivity contribution >= 4 is 29.5 Å². The number of aryl methyl sites for hydroxylation is 1. The van der Waals surface area contributed by atoms with Gasteiger partial charge in [0, 0.05) is 53.1 Å². The standard InChI is InChI=1S/C50H78N4O8/c1-14-35(7)46(53(10)49(58)39(32(2)3)30-42(55)45(33(4)5)52(9)28-26-37-24-22-34(6)23-25-37)43(60-11)31-44(56)54-27-18-21-41(54)47(61-12)36(8)48(57)51-40(50(59)62-13)29-38-19-16-15-17-20-38/h15-17,19-20,22-25,32-33,35-36,39-41,43,45-47H,14,18,21,26-31H2,1-13H3,(H,51,57)/t35-,36+,39-,40-,41-,43+,45-,46-,47+/m0/s1. The van der Waals surface area contributed by atoms with E-state index in [2.05, 4.69) is 69.1 Å². The molecule has 0 unspecified atom stereocenters. The molecule has 346 valence electrons. The Morgan fingerprint density at radius 1 is 0.839 bits per heavy atom. The maximum Gasteiger partial charge on any atom is 0.328 e. The third-order valence-electron chi connectivity index (χ3n) is 13.2. The molecular formula is C50H78N4O8. The molecule has 1 saturated heterocycles. The van der Waals surface area contributed by atoms with Crippen molar-refractivity contribution < 1.29 is 38.2 Å². The predicted octanol–water partition coefficient (Wildman–Crippen LogP) is 6.55. The molecule has 1 fully saturated rings. The van der Waals surface area contributed by atoms with Gasteiger partial charge in [0.1, 0.15) is 6.04 Å². The summed E-state index contributed by atoms with van der Waals surface area (Å²) in [6.45, 7) is 17.3. The van der Waals surface area contributed by atoms with Crippen LogP contribution in [0.4, 0.5) is 0 Å². The minimum Gasteiger partial charge on any atom is -0.467 e. The summed E-state index contributed by atoms with van der Waals surface area (Å²) in [4.78, 5) is 75.3. The molecule has 2 aromatic carbocycles. The second kappa shape index (κ2) is 25.2. The van der Waals surface area contributed by atoms with Crippen LogP contribution >= 0.6 is 0 Å². The number of carbonyl (C=O) groups is 5. The number of nitrogens with one attached hydrogen (secondary N) is 1. The van der Waals surface area contributed by atoms with E-state index in [9.17, 15) is 24.0 Å². The molecule has 12 heteroatoms. The summed E-state index contributed by atoms with van der Waals surface area (Å²) >= 11 is 0. The highest BCUT2D eigenvalue weighted by molar-refractivity contribution is 5.90. The maximum atomic E-state index is 14.6. The van der Waals surface area contributed by atoms with E-state index in [1.54, 1.807) is 30.9 Å². The number of nitrogens with zero attached hydrogens (tertiary/aromatic N) is 3. The van der Waals surface area contributed by atoms with Crippen LogP contribution in [0.3, 0.4) is 0 Å². The molecule has 0 bridgehead atoms. The zero-order valence-corrected chi connectivity index (χ0v) is 40.0. The lowest BCUT2D eigenvalue weighted by Gasteiger charge is -2.41. The molecule has 0 spiro atoms. The molecule has 9 atom stereocenters. The summed E-state index contributed by atoms with van der Waals surface area (Å²) < 4.78 is 17.1. The zero-order chi connectivity index (χ0) is 46.3. The van der Waals surface area contributed by atoms with E-state index in [0.29, 0.717) is 13.0 Å². The molecule has 62 heavy (non-hydrogen) atoms. The molecule has 3 rings (SSSR count). The van der Waals surface area contributed by atoms with Gasteiger partial charge in [0.05, 0.1) is 49.8 Å². The second-order valence-electron chi connectivity index (χ2n) is 18.3. The molecule has 2 aromatic rings. The number of methoxy groups -OCH3 is 3. The van der Waals surface area contributed by atoms with Crippen LogP contribution in [-0.2, 0) is 51.0 Å².